The number of H-pyrrole nitrogens is 1. The molecule has 2 aliphatic heterocycles. The molecule has 0 aromatic carbocycles. The third-order valence-electron chi connectivity index (χ3n) is 8.24. The Balaban J connectivity index is 0.000000217. The molecular formula is C30H44F2N8O6S2. The number of aliphatic imine (C=N–C) groups is 1. The molecule has 5 rings (SSSR count). The summed E-state index contributed by atoms with van der Waals surface area (Å²) in [6.45, 7) is 11.9. The minimum absolute atomic E-state index is 0.0891. The fraction of sp³-hybridized carbons (Fsp3) is 0.667. The van der Waals surface area contributed by atoms with Gasteiger partial charge >= 0.3 is 0 Å². The van der Waals surface area contributed by atoms with Crippen molar-refractivity contribution in [1.29, 1.82) is 5.41 Å². The number of amidine groups is 1. The van der Waals surface area contributed by atoms with Crippen LogP contribution in [0.25, 0.3) is 5.65 Å². The minimum atomic E-state index is -3.77. The number of hydrogen-bond donors (Lipinski definition) is 2. The Hall–Kier alpha value is -3.22. The molecule has 0 radical (unpaired) electrons. The molecule has 18 heteroatoms. The molecule has 2 N–H and O–H groups in total. The van der Waals surface area contributed by atoms with E-state index >= 15 is 0 Å². The summed E-state index contributed by atoms with van der Waals surface area (Å²) in [6.07, 6.45) is 3.30. The lowest BCUT2D eigenvalue weighted by Crippen LogP contribution is -2.18. The summed E-state index contributed by atoms with van der Waals surface area (Å²) in [5.41, 5.74) is 1.51. The molecule has 0 bridgehead atoms. The molecule has 14 nitrogen and oxygen atoms in total. The molecule has 8 atom stereocenters. The van der Waals surface area contributed by atoms with Gasteiger partial charge in [-0.1, -0.05) is 39.5 Å². The van der Waals surface area contributed by atoms with E-state index in [1.54, 1.807) is 24.6 Å². The highest BCUT2D eigenvalue weighted by molar-refractivity contribution is 8.05. The van der Waals surface area contributed by atoms with Crippen molar-refractivity contribution in [2.75, 3.05) is 25.7 Å². The number of thioether (sulfide) groups is 1. The normalized spacial score (nSPS) is 27.6. The molecule has 3 aromatic heterocycles. The molecule has 266 valence electrons. The van der Waals surface area contributed by atoms with E-state index in [1.807, 2.05) is 34.0 Å². The lowest BCUT2D eigenvalue weighted by molar-refractivity contribution is 0.0195. The molecule has 5 heterocycles. The van der Waals surface area contributed by atoms with Crippen LogP contribution < -0.4 is 4.74 Å². The summed E-state index contributed by atoms with van der Waals surface area (Å²) >= 11 is 1.40. The van der Waals surface area contributed by atoms with Gasteiger partial charge in [0.2, 0.25) is 25.8 Å². The van der Waals surface area contributed by atoms with Gasteiger partial charge in [0.05, 0.1) is 49.2 Å². The maximum absolute atomic E-state index is 14.7. The van der Waals surface area contributed by atoms with E-state index in [0.717, 1.165) is 12.7 Å². The molecule has 0 amide bonds. The first-order chi connectivity index (χ1) is 22.8. The summed E-state index contributed by atoms with van der Waals surface area (Å²) in [7, 11) is -3.77. The number of rotatable bonds is 9. The lowest BCUT2D eigenvalue weighted by Gasteiger charge is -2.13. The number of sulfone groups is 1. The Morgan fingerprint density at radius 1 is 1.04 bits per heavy atom. The van der Waals surface area contributed by atoms with Gasteiger partial charge in [-0.25, -0.2) is 31.7 Å². The van der Waals surface area contributed by atoms with Crippen molar-refractivity contribution in [1.82, 2.24) is 29.5 Å². The van der Waals surface area contributed by atoms with Gasteiger partial charge in [0.25, 0.3) is 11.8 Å². The smallest absolute Gasteiger partial charge is 0.262 e. The second kappa shape index (κ2) is 16.0. The predicted molar refractivity (Wildman–Crippen MR) is 177 cm³/mol. The van der Waals surface area contributed by atoms with Crippen molar-refractivity contribution in [2.24, 2.45) is 16.8 Å². The summed E-state index contributed by atoms with van der Waals surface area (Å²) in [6, 6.07) is 0. The number of nitrogens with one attached hydrogen (secondary N) is 2. The molecule has 2 aliphatic rings. The molecule has 2 saturated heterocycles. The van der Waals surface area contributed by atoms with Crippen LogP contribution in [0.15, 0.2) is 22.5 Å². The second-order valence-corrected chi connectivity index (χ2v) is 14.2. The van der Waals surface area contributed by atoms with Crippen molar-refractivity contribution in [2.45, 2.75) is 96.3 Å². The molecule has 3 aromatic rings. The lowest BCUT2D eigenvalue weighted by atomic mass is 9.97. The third-order valence-corrected chi connectivity index (χ3v) is 9.57. The van der Waals surface area contributed by atoms with Gasteiger partial charge < -0.3 is 23.9 Å². The number of fused-ring (bicyclic) bond motifs is 1. The van der Waals surface area contributed by atoms with E-state index in [-0.39, 0.29) is 42.4 Å². The summed E-state index contributed by atoms with van der Waals surface area (Å²) in [5.74, 6) is 0.00174. The number of aromatic amines is 1. The first-order valence-corrected chi connectivity index (χ1v) is 19.0. The zero-order valence-electron chi connectivity index (χ0n) is 28.3. The van der Waals surface area contributed by atoms with Crippen LogP contribution in [0.2, 0.25) is 0 Å². The number of hydrogen-bond acceptors (Lipinski definition) is 12. The Kier molecular flexibility index (Phi) is 12.5. The molecule has 48 heavy (non-hydrogen) atoms. The summed E-state index contributed by atoms with van der Waals surface area (Å²) in [4.78, 5) is 19.3. The molecular weight excluding hydrogens is 671 g/mol. The average molecular weight is 715 g/mol. The highest BCUT2D eigenvalue weighted by Gasteiger charge is 2.44. The van der Waals surface area contributed by atoms with Gasteiger partial charge in [-0.3, -0.25) is 5.41 Å². The Bertz CT molecular complexity index is 1700. The fourth-order valence-corrected chi connectivity index (χ4v) is 6.16. The number of alkyl halides is 2. The zero-order valence-corrected chi connectivity index (χ0v) is 29.9. The van der Waals surface area contributed by atoms with Gasteiger partial charge in [-0.15, -0.1) is 5.10 Å². The van der Waals surface area contributed by atoms with Gasteiger partial charge in [0.15, 0.2) is 5.82 Å². The van der Waals surface area contributed by atoms with E-state index in [9.17, 15) is 17.2 Å². The van der Waals surface area contributed by atoms with Gasteiger partial charge in [-0.2, -0.15) is 9.98 Å². The summed E-state index contributed by atoms with van der Waals surface area (Å²) < 4.78 is 76.0. The van der Waals surface area contributed by atoms with Gasteiger partial charge in [0, 0.05) is 18.1 Å². The van der Waals surface area contributed by atoms with Crippen LogP contribution in [-0.4, -0.2) is 99.3 Å². The second-order valence-electron chi connectivity index (χ2n) is 11.5. The van der Waals surface area contributed by atoms with Crippen LogP contribution in [-0.2, 0) is 24.0 Å². The van der Waals surface area contributed by atoms with Crippen LogP contribution in [0.5, 0.6) is 5.88 Å². The Morgan fingerprint density at radius 2 is 1.67 bits per heavy atom. The predicted octanol–water partition coefficient (Wildman–Crippen LogP) is 5.07. The number of halogens is 2. The van der Waals surface area contributed by atoms with E-state index in [1.165, 1.54) is 18.0 Å². The van der Waals surface area contributed by atoms with Crippen LogP contribution in [0.4, 0.5) is 8.78 Å². The minimum Gasteiger partial charge on any atom is -0.475 e. The van der Waals surface area contributed by atoms with E-state index in [2.05, 4.69) is 30.0 Å². The van der Waals surface area contributed by atoms with Crippen LogP contribution in [0.3, 0.4) is 0 Å². The number of aromatic nitrogens is 6. The molecule has 0 saturated carbocycles. The van der Waals surface area contributed by atoms with Crippen molar-refractivity contribution in [3.05, 3.63) is 29.6 Å². The Morgan fingerprint density at radius 3 is 2.21 bits per heavy atom. The number of nitrogens with zero attached hydrogens (tertiary/aromatic N) is 6. The first kappa shape index (κ1) is 37.6. The molecule has 0 spiro atoms. The van der Waals surface area contributed by atoms with Crippen molar-refractivity contribution in [3.8, 4) is 5.88 Å². The maximum Gasteiger partial charge on any atom is 0.262 e. The Labute approximate surface area is 283 Å². The number of imidazole rings is 2. The van der Waals surface area contributed by atoms with Gasteiger partial charge in [-0.05, 0) is 32.9 Å². The van der Waals surface area contributed by atoms with E-state index < -0.39 is 39.6 Å². The molecule has 0 aliphatic carbocycles. The fourth-order valence-electron chi connectivity index (χ4n) is 5.57. The van der Waals surface area contributed by atoms with E-state index in [4.69, 9.17) is 24.4 Å². The SMILES string of the molecule is CCOC(=NC(=N)S(C)(=O)=O)c1ncc([C@@H]2O[C@H](CC)[C@@H](C)[C@H]2F)[nH]1.CCOc1nc(SC)nn2c([C@@H]3O[C@H](CC)[C@@H](C)[C@H]3F)cnc12. The largest absolute Gasteiger partial charge is 0.475 e. The maximum atomic E-state index is 14.7. The molecule has 0 unspecified atom stereocenters. The standard InChI is InChI=1S/C15H23FN4O4S.C15H21FN4O2S/c1-5-10-8(3)11(16)12(24-10)9-7-18-13(19-9)14(23-6-2)20-15(17)25(4,21)22;1-5-10-8(3)11(16)12(22-10)9-7-17-13-14(21-6-2)18-15(23-4)19-20(9)13/h7-8,10-12,17H,5-6H2,1-4H3,(H,18,19);7-8,10-12H,5-6H2,1-4H3/t2*8-,10-,11-,12+/m11/s1. The zero-order chi connectivity index (χ0) is 35.3. The van der Waals surface area contributed by atoms with Crippen LogP contribution in [0, 0.1) is 17.2 Å². The third kappa shape index (κ3) is 7.97. The molecule has 2 fully saturated rings. The highest BCUT2D eigenvalue weighted by Crippen LogP contribution is 2.41. The first-order valence-electron chi connectivity index (χ1n) is 15.9. The summed E-state index contributed by atoms with van der Waals surface area (Å²) in [5, 5.41) is 11.6. The highest BCUT2D eigenvalue weighted by atomic mass is 32.2. The monoisotopic (exact) mass is 714 g/mol. The van der Waals surface area contributed by atoms with E-state index in [0.29, 0.717) is 41.1 Å². The van der Waals surface area contributed by atoms with Gasteiger partial charge in [0.1, 0.15) is 24.6 Å². The van der Waals surface area contributed by atoms with Crippen molar-refractivity contribution in [3.63, 3.8) is 0 Å². The van der Waals surface area contributed by atoms with Crippen LogP contribution >= 0.6 is 11.8 Å². The van der Waals surface area contributed by atoms with Crippen LogP contribution in [0.1, 0.15) is 83.8 Å². The van der Waals surface area contributed by atoms with Crippen molar-refractivity contribution < 1.29 is 36.1 Å². The average Bonchev–Trinajstić information content (AvgIpc) is 3.83. The quantitative estimate of drug-likeness (QED) is 0.172. The van der Waals surface area contributed by atoms with Crippen molar-refractivity contribution >= 4 is 38.3 Å². The topological polar surface area (TPSA) is 179 Å². The number of ether oxygens (including phenoxy) is 4.